The fraction of sp³-hybridized carbons (Fsp3) is 0.429. The molecular formula is C14H19N4O4+. The quantitative estimate of drug-likeness (QED) is 0.589. The van der Waals surface area contributed by atoms with Crippen LogP contribution in [-0.4, -0.2) is 77.0 Å². The van der Waals surface area contributed by atoms with Crippen LogP contribution in [0.15, 0.2) is 18.2 Å². The van der Waals surface area contributed by atoms with Crippen LogP contribution in [0.2, 0.25) is 0 Å². The van der Waals surface area contributed by atoms with E-state index in [1.54, 1.807) is 23.1 Å². The van der Waals surface area contributed by atoms with Crippen molar-refractivity contribution >= 4 is 23.7 Å². The average Bonchev–Trinajstić information content (AvgIpc) is 2.52. The Bertz CT molecular complexity index is 611. The molecule has 2 aliphatic rings. The molecule has 118 valence electrons. The van der Waals surface area contributed by atoms with Crippen molar-refractivity contribution in [1.82, 2.24) is 9.80 Å². The highest BCUT2D eigenvalue weighted by Gasteiger charge is 2.31. The summed E-state index contributed by atoms with van der Waals surface area (Å²) in [5.41, 5.74) is 0.632. The van der Waals surface area contributed by atoms with E-state index < -0.39 is 6.09 Å². The number of para-hydroxylation sites is 1. The zero-order valence-corrected chi connectivity index (χ0v) is 12.3. The van der Waals surface area contributed by atoms with E-state index >= 15 is 0 Å². The van der Waals surface area contributed by atoms with Crippen LogP contribution in [0.25, 0.3) is 0 Å². The molecule has 8 nitrogen and oxygen atoms in total. The van der Waals surface area contributed by atoms with Gasteiger partial charge >= 0.3 is 11.8 Å². The summed E-state index contributed by atoms with van der Waals surface area (Å²) in [5.74, 6) is 0.207. The number of hydrogen-bond donors (Lipinski definition) is 2. The largest absolute Gasteiger partial charge is 0.415 e. The normalized spacial score (nSPS) is 18.7. The van der Waals surface area contributed by atoms with Crippen molar-refractivity contribution in [3.8, 4) is 5.75 Å². The van der Waals surface area contributed by atoms with Gasteiger partial charge in [0.1, 0.15) is 12.2 Å². The van der Waals surface area contributed by atoms with E-state index in [9.17, 15) is 15.2 Å². The van der Waals surface area contributed by atoms with Gasteiger partial charge in [0.05, 0.1) is 0 Å². The van der Waals surface area contributed by atoms with Gasteiger partial charge in [-0.3, -0.25) is 10.4 Å². The fourth-order valence-electron chi connectivity index (χ4n) is 2.52. The summed E-state index contributed by atoms with van der Waals surface area (Å²) in [6.07, 6.45) is 0.931. The molecule has 0 aliphatic carbocycles. The molecule has 1 aromatic carbocycles. The lowest BCUT2D eigenvalue weighted by Crippen LogP contribution is -2.48. The van der Waals surface area contributed by atoms with Crippen molar-refractivity contribution in [2.24, 2.45) is 0 Å². The maximum atomic E-state index is 12.2. The topological polar surface area (TPSA) is 79.5 Å². The molecule has 0 saturated carbocycles. The van der Waals surface area contributed by atoms with Crippen LogP contribution >= 0.6 is 0 Å². The van der Waals surface area contributed by atoms with Gasteiger partial charge in [0.2, 0.25) is 12.0 Å². The first-order chi connectivity index (χ1) is 10.6. The van der Waals surface area contributed by atoms with E-state index in [1.807, 2.05) is 7.05 Å². The van der Waals surface area contributed by atoms with Crippen molar-refractivity contribution in [2.75, 3.05) is 44.8 Å². The summed E-state index contributed by atoms with van der Waals surface area (Å²) < 4.78 is 6.28. The third-order valence-corrected chi connectivity index (χ3v) is 3.87. The van der Waals surface area contributed by atoms with Gasteiger partial charge in [0.25, 0.3) is 0 Å². The summed E-state index contributed by atoms with van der Waals surface area (Å²) >= 11 is 0. The highest BCUT2D eigenvalue weighted by molar-refractivity contribution is 5.80. The Morgan fingerprint density at radius 1 is 1.27 bits per heavy atom. The third-order valence-electron chi connectivity index (χ3n) is 3.87. The molecule has 22 heavy (non-hydrogen) atoms. The molecule has 2 N–H and O–H groups in total. The van der Waals surface area contributed by atoms with Crippen molar-refractivity contribution in [3.63, 3.8) is 0 Å². The van der Waals surface area contributed by atoms with E-state index in [-0.39, 0.29) is 18.0 Å². The van der Waals surface area contributed by atoms with E-state index in [2.05, 4.69) is 4.90 Å². The maximum absolute atomic E-state index is 12.2. The van der Waals surface area contributed by atoms with Crippen LogP contribution < -0.4 is 9.80 Å². The number of carbonyl (C=O) groups is 1. The molecule has 8 heteroatoms. The Labute approximate surface area is 127 Å². The predicted molar refractivity (Wildman–Crippen MR) is 78.4 cm³/mol. The van der Waals surface area contributed by atoms with Gasteiger partial charge in [-0.05, 0) is 19.2 Å². The Hall–Kier alpha value is -2.32. The lowest BCUT2D eigenvalue weighted by atomic mass is 10.2. The maximum Gasteiger partial charge on any atom is 0.415 e. The molecule has 3 rings (SSSR count). The van der Waals surface area contributed by atoms with Crippen LogP contribution in [0.3, 0.4) is 0 Å². The van der Waals surface area contributed by atoms with Crippen LogP contribution in [0.4, 0.5) is 16.2 Å². The predicted octanol–water partition coefficient (Wildman–Crippen LogP) is 0.746. The number of rotatable bonds is 1. The van der Waals surface area contributed by atoms with Gasteiger partial charge in [0.15, 0.2) is 0 Å². The molecule has 2 aliphatic heterocycles. The first-order valence-electron chi connectivity index (χ1n) is 7.12. The van der Waals surface area contributed by atoms with Gasteiger partial charge in [-0.1, -0.05) is 6.07 Å². The zero-order chi connectivity index (χ0) is 15.7. The summed E-state index contributed by atoms with van der Waals surface area (Å²) in [6, 6.07) is 4.88. The molecule has 0 aromatic heterocycles. The monoisotopic (exact) mass is 307 g/mol. The summed E-state index contributed by atoms with van der Waals surface area (Å²) in [5, 5.41) is 20.8. The fourth-order valence-corrected chi connectivity index (χ4v) is 2.52. The molecule has 0 unspecified atom stereocenters. The molecular weight excluding hydrogens is 288 g/mol. The Kier molecular flexibility index (Phi) is 3.86. The number of nitrogens with zero attached hydrogens (tertiary/aromatic N) is 4. The Morgan fingerprint density at radius 2 is 2.00 bits per heavy atom. The lowest BCUT2D eigenvalue weighted by molar-refractivity contribution is -0.710. The molecule has 1 amide bonds. The molecule has 1 saturated heterocycles. The number of piperazine rings is 1. The van der Waals surface area contributed by atoms with Crippen LogP contribution in [-0.2, 0) is 0 Å². The summed E-state index contributed by atoms with van der Waals surface area (Å²) in [4.78, 5) is 16.0. The number of ether oxygens (including phenoxy) is 1. The highest BCUT2D eigenvalue weighted by atomic mass is 16.6. The number of fused-ring (bicyclic) bond motifs is 1. The number of carbonyl (C=O) groups excluding carboxylic acids is 1. The van der Waals surface area contributed by atoms with Gasteiger partial charge in [-0.2, -0.15) is 0 Å². The highest BCUT2D eigenvalue weighted by Crippen LogP contribution is 2.37. The minimum absolute atomic E-state index is 0.152. The minimum atomic E-state index is -0.454. The number of amides is 1. The number of hydrogen-bond acceptors (Lipinski definition) is 6. The van der Waals surface area contributed by atoms with E-state index in [1.165, 1.54) is 6.21 Å². The van der Waals surface area contributed by atoms with Crippen LogP contribution in [0.5, 0.6) is 5.75 Å². The smallest absolute Gasteiger partial charge is 0.403 e. The second-order valence-electron chi connectivity index (χ2n) is 5.39. The molecule has 0 atom stereocenters. The SMILES string of the molecule is CN1CCN(C(=O)Oc2cccc3c2[N+](O)=CCN3O)CC1. The summed E-state index contributed by atoms with van der Waals surface area (Å²) in [6.45, 7) is 2.95. The van der Waals surface area contributed by atoms with Gasteiger partial charge < -0.3 is 14.5 Å². The number of anilines is 1. The van der Waals surface area contributed by atoms with E-state index in [4.69, 9.17) is 4.74 Å². The van der Waals surface area contributed by atoms with Crippen LogP contribution in [0, 0.1) is 0 Å². The molecule has 1 aromatic rings. The van der Waals surface area contributed by atoms with Gasteiger partial charge in [-0.15, -0.1) is 0 Å². The Morgan fingerprint density at radius 3 is 2.73 bits per heavy atom. The van der Waals surface area contributed by atoms with E-state index in [0.717, 1.165) is 22.9 Å². The molecule has 0 spiro atoms. The zero-order valence-electron chi connectivity index (χ0n) is 12.3. The van der Waals surface area contributed by atoms with Crippen molar-refractivity contribution in [1.29, 1.82) is 0 Å². The molecule has 1 fully saturated rings. The molecule has 0 bridgehead atoms. The summed E-state index contributed by atoms with van der Waals surface area (Å²) in [7, 11) is 2.01. The van der Waals surface area contributed by atoms with Crippen LogP contribution in [0.1, 0.15) is 0 Å². The second kappa shape index (κ2) is 5.82. The number of likely N-dealkylation sites (N-methyl/N-ethyl adjacent to an activating group) is 1. The van der Waals surface area contributed by atoms with Crippen molar-refractivity contribution in [2.45, 2.75) is 0 Å². The molecule has 0 radical (unpaired) electrons. The van der Waals surface area contributed by atoms with E-state index in [0.29, 0.717) is 18.8 Å². The van der Waals surface area contributed by atoms with Crippen molar-refractivity contribution < 1.29 is 24.7 Å². The third kappa shape index (κ3) is 2.70. The second-order valence-corrected chi connectivity index (χ2v) is 5.39. The standard InChI is InChI=1S/C14H19N4O4/c1-15-5-7-16(8-6-15)14(19)22-12-4-2-3-11-13(12)18(21)10-9-17(11)20/h2-4,10,20-21H,5-9H2,1H3/q+1. The number of hydroxylamine groups is 1. The van der Waals surface area contributed by atoms with Crippen molar-refractivity contribution in [3.05, 3.63) is 18.2 Å². The lowest BCUT2D eigenvalue weighted by Gasteiger charge is -2.31. The number of benzene rings is 1. The first kappa shape index (κ1) is 14.6. The first-order valence-corrected chi connectivity index (χ1v) is 7.12. The minimum Gasteiger partial charge on any atom is -0.403 e. The van der Waals surface area contributed by atoms with Gasteiger partial charge in [-0.25, -0.2) is 9.86 Å². The Balaban J connectivity index is 1.80. The van der Waals surface area contributed by atoms with Gasteiger partial charge in [0, 0.05) is 30.9 Å². The average molecular weight is 307 g/mol. The molecule has 2 heterocycles.